The quantitative estimate of drug-likeness (QED) is 0.385. The predicted octanol–water partition coefficient (Wildman–Crippen LogP) is 0.605. The molecule has 76 valence electrons. The van der Waals surface area contributed by atoms with E-state index in [1.54, 1.807) is 20.8 Å². The van der Waals surface area contributed by atoms with Crippen LogP contribution in [0.4, 0.5) is 4.79 Å². The first-order chi connectivity index (χ1) is 5.95. The number of carbonyl (C=O) groups is 2. The van der Waals surface area contributed by atoms with E-state index in [4.69, 9.17) is 4.74 Å². The third kappa shape index (κ3) is 8.81. The van der Waals surface area contributed by atoms with E-state index in [-0.39, 0.29) is 0 Å². The van der Waals surface area contributed by atoms with Gasteiger partial charge in [-0.3, -0.25) is 5.43 Å². The Morgan fingerprint density at radius 2 is 2.08 bits per heavy atom. The Labute approximate surface area is 77.8 Å². The molecular formula is C8H16N2O3. The van der Waals surface area contributed by atoms with E-state index in [1.807, 2.05) is 0 Å². The Morgan fingerprint density at radius 1 is 1.46 bits per heavy atom. The highest BCUT2D eigenvalue weighted by Gasteiger charge is 2.15. The normalized spacial score (nSPS) is 10.7. The van der Waals surface area contributed by atoms with Gasteiger partial charge in [0.2, 0.25) is 0 Å². The lowest BCUT2D eigenvalue weighted by molar-refractivity contribution is -0.107. The molecule has 0 radical (unpaired) electrons. The number of hydrazine groups is 1. The fourth-order valence-electron chi connectivity index (χ4n) is 0.569. The van der Waals surface area contributed by atoms with Crippen molar-refractivity contribution in [2.45, 2.75) is 32.8 Å². The molecule has 5 heteroatoms. The van der Waals surface area contributed by atoms with E-state index in [0.717, 1.165) is 6.29 Å². The molecule has 0 fully saturated rings. The Hall–Kier alpha value is -1.10. The summed E-state index contributed by atoms with van der Waals surface area (Å²) < 4.78 is 4.92. The highest BCUT2D eigenvalue weighted by Crippen LogP contribution is 2.05. The summed E-state index contributed by atoms with van der Waals surface area (Å²) in [5.74, 6) is 0. The maximum absolute atomic E-state index is 10.9. The monoisotopic (exact) mass is 188 g/mol. The maximum Gasteiger partial charge on any atom is 0.422 e. The first-order valence-corrected chi connectivity index (χ1v) is 4.11. The van der Waals surface area contributed by atoms with Crippen molar-refractivity contribution in [2.75, 3.05) is 6.54 Å². The molecule has 0 aromatic rings. The number of rotatable bonds is 4. The van der Waals surface area contributed by atoms with Crippen LogP contribution >= 0.6 is 0 Å². The van der Waals surface area contributed by atoms with Crippen LogP contribution in [0.3, 0.4) is 0 Å². The minimum Gasteiger partial charge on any atom is -0.443 e. The van der Waals surface area contributed by atoms with Crippen molar-refractivity contribution in [3.63, 3.8) is 0 Å². The third-order valence-corrected chi connectivity index (χ3v) is 0.977. The van der Waals surface area contributed by atoms with E-state index in [2.05, 4.69) is 10.9 Å². The summed E-state index contributed by atoms with van der Waals surface area (Å²) in [5.41, 5.74) is 4.35. The van der Waals surface area contributed by atoms with Gasteiger partial charge in [0.1, 0.15) is 11.9 Å². The van der Waals surface area contributed by atoms with E-state index in [0.29, 0.717) is 13.0 Å². The van der Waals surface area contributed by atoms with Crippen LogP contribution in [-0.2, 0) is 9.53 Å². The molecule has 5 nitrogen and oxygen atoms in total. The molecule has 0 atom stereocenters. The van der Waals surface area contributed by atoms with E-state index < -0.39 is 11.7 Å². The van der Waals surface area contributed by atoms with Crippen LogP contribution in [0.15, 0.2) is 0 Å². The Balaban J connectivity index is 3.47. The van der Waals surface area contributed by atoms with Crippen LogP contribution in [0.2, 0.25) is 0 Å². The zero-order valence-electron chi connectivity index (χ0n) is 8.22. The molecule has 13 heavy (non-hydrogen) atoms. The molecule has 0 aliphatic rings. The van der Waals surface area contributed by atoms with E-state index in [1.165, 1.54) is 0 Å². The largest absolute Gasteiger partial charge is 0.443 e. The fourth-order valence-corrected chi connectivity index (χ4v) is 0.569. The van der Waals surface area contributed by atoms with Crippen molar-refractivity contribution in [3.8, 4) is 0 Å². The number of carbonyl (C=O) groups excluding carboxylic acids is 2. The highest BCUT2D eigenvalue weighted by molar-refractivity contribution is 5.67. The van der Waals surface area contributed by atoms with Crippen molar-refractivity contribution < 1.29 is 14.3 Å². The molecule has 0 aromatic carbocycles. The van der Waals surface area contributed by atoms with Crippen LogP contribution in [0.5, 0.6) is 0 Å². The molecular weight excluding hydrogens is 172 g/mol. The first-order valence-electron chi connectivity index (χ1n) is 4.11. The van der Waals surface area contributed by atoms with Gasteiger partial charge in [0, 0.05) is 13.0 Å². The smallest absolute Gasteiger partial charge is 0.422 e. The minimum absolute atomic E-state index is 0.357. The summed E-state index contributed by atoms with van der Waals surface area (Å²) in [6, 6.07) is 0. The number of hydrogen-bond acceptors (Lipinski definition) is 4. The number of hydrogen-bond donors (Lipinski definition) is 2. The van der Waals surface area contributed by atoms with Gasteiger partial charge in [-0.2, -0.15) is 0 Å². The van der Waals surface area contributed by atoms with Gasteiger partial charge in [-0.15, -0.1) is 0 Å². The first kappa shape index (κ1) is 11.9. The van der Waals surface area contributed by atoms with Crippen LogP contribution in [0, 0.1) is 0 Å². The third-order valence-electron chi connectivity index (χ3n) is 0.977. The predicted molar refractivity (Wildman–Crippen MR) is 48.1 cm³/mol. The summed E-state index contributed by atoms with van der Waals surface area (Å²) in [5, 5.41) is 0. The summed E-state index contributed by atoms with van der Waals surface area (Å²) in [6.07, 6.45) is 0.581. The lowest BCUT2D eigenvalue weighted by atomic mass is 10.2. The second-order valence-corrected chi connectivity index (χ2v) is 3.51. The molecule has 0 saturated carbocycles. The van der Waals surface area contributed by atoms with Crippen LogP contribution < -0.4 is 10.9 Å². The summed E-state index contributed by atoms with van der Waals surface area (Å²) in [7, 11) is 0. The molecule has 0 spiro atoms. The van der Waals surface area contributed by atoms with Crippen molar-refractivity contribution in [2.24, 2.45) is 0 Å². The van der Waals surface area contributed by atoms with Crippen LogP contribution in [0.1, 0.15) is 27.2 Å². The van der Waals surface area contributed by atoms with Crippen molar-refractivity contribution in [3.05, 3.63) is 0 Å². The highest BCUT2D eigenvalue weighted by atomic mass is 16.6. The molecule has 0 heterocycles. The Bertz CT molecular complexity index is 175. The number of nitrogens with one attached hydrogen (secondary N) is 2. The van der Waals surface area contributed by atoms with Crippen molar-refractivity contribution in [1.29, 1.82) is 0 Å². The lowest BCUT2D eigenvalue weighted by Gasteiger charge is -2.19. The zero-order valence-corrected chi connectivity index (χ0v) is 8.22. The molecule has 0 rings (SSSR count). The molecule has 0 saturated heterocycles. The molecule has 0 aromatic heterocycles. The van der Waals surface area contributed by atoms with Crippen LogP contribution in [-0.4, -0.2) is 24.5 Å². The van der Waals surface area contributed by atoms with Gasteiger partial charge in [-0.25, -0.2) is 10.2 Å². The lowest BCUT2D eigenvalue weighted by Crippen LogP contribution is -2.41. The molecule has 0 bridgehead atoms. The van der Waals surface area contributed by atoms with Gasteiger partial charge in [0.25, 0.3) is 0 Å². The van der Waals surface area contributed by atoms with Crippen molar-refractivity contribution >= 4 is 12.4 Å². The standard InChI is InChI=1S/C8H16N2O3/c1-8(2,3)13-7(12)10-9-5-4-6-11/h6,9H,4-5H2,1-3H3,(H,10,12). The average molecular weight is 188 g/mol. The Kier molecular flexibility index (Phi) is 5.06. The van der Waals surface area contributed by atoms with Gasteiger partial charge in [0.15, 0.2) is 0 Å². The number of ether oxygens (including phenoxy) is 1. The Morgan fingerprint density at radius 3 is 2.54 bits per heavy atom. The summed E-state index contributed by atoms with van der Waals surface area (Å²) in [4.78, 5) is 20.8. The van der Waals surface area contributed by atoms with Gasteiger partial charge >= 0.3 is 6.09 Å². The molecule has 1 amide bonds. The van der Waals surface area contributed by atoms with Gasteiger partial charge in [0.05, 0.1) is 0 Å². The van der Waals surface area contributed by atoms with Gasteiger partial charge in [-0.1, -0.05) is 0 Å². The zero-order chi connectivity index (χ0) is 10.3. The average Bonchev–Trinajstić information content (AvgIpc) is 1.94. The summed E-state index contributed by atoms with van der Waals surface area (Å²) >= 11 is 0. The van der Waals surface area contributed by atoms with E-state index >= 15 is 0 Å². The minimum atomic E-state index is -0.543. The number of aldehydes is 1. The van der Waals surface area contributed by atoms with Crippen LogP contribution in [0.25, 0.3) is 0 Å². The number of amides is 1. The van der Waals surface area contributed by atoms with Crippen molar-refractivity contribution in [1.82, 2.24) is 10.9 Å². The fraction of sp³-hybridized carbons (Fsp3) is 0.750. The molecule has 0 aliphatic carbocycles. The van der Waals surface area contributed by atoms with Gasteiger partial charge < -0.3 is 9.53 Å². The topological polar surface area (TPSA) is 67.4 Å². The van der Waals surface area contributed by atoms with E-state index in [9.17, 15) is 9.59 Å². The molecule has 0 unspecified atom stereocenters. The summed E-state index contributed by atoms with van der Waals surface area (Å²) in [6.45, 7) is 5.73. The second-order valence-electron chi connectivity index (χ2n) is 3.51. The maximum atomic E-state index is 10.9. The molecule has 2 N–H and O–H groups in total. The van der Waals surface area contributed by atoms with Gasteiger partial charge in [-0.05, 0) is 20.8 Å². The second kappa shape index (κ2) is 5.53. The SMILES string of the molecule is CC(C)(C)OC(=O)NNCCC=O. The molecule has 0 aliphatic heterocycles.